The van der Waals surface area contributed by atoms with Gasteiger partial charge in [0.25, 0.3) is 0 Å². The average molecular weight is 383 g/mol. The number of benzene rings is 2. The molecule has 132 valence electrons. The Morgan fingerprint density at radius 2 is 1.96 bits per heavy atom. The lowest BCUT2D eigenvalue weighted by Gasteiger charge is -2.37. The van der Waals surface area contributed by atoms with Gasteiger partial charge in [0.05, 0.1) is 21.8 Å². The van der Waals surface area contributed by atoms with Gasteiger partial charge in [0.15, 0.2) is 0 Å². The van der Waals surface area contributed by atoms with Gasteiger partial charge in [0.2, 0.25) is 10.0 Å². The molecule has 4 rings (SSSR count). The molecule has 1 aliphatic carbocycles. The first-order valence-corrected chi connectivity index (χ1v) is 10.2. The molecule has 2 aromatic carbocycles. The summed E-state index contributed by atoms with van der Waals surface area (Å²) >= 11 is 4.64. The zero-order chi connectivity index (χ0) is 18.3. The quantitative estimate of drug-likeness (QED) is 0.478. The molecule has 2 aromatic rings. The Labute approximate surface area is 157 Å². The zero-order valence-electron chi connectivity index (χ0n) is 13.8. The number of nitrogens with two attached hydrogens (primary N) is 1. The first kappa shape index (κ1) is 17.1. The van der Waals surface area contributed by atoms with E-state index in [1.807, 2.05) is 24.3 Å². The number of hydrogen-bond acceptors (Lipinski definition) is 5. The van der Waals surface area contributed by atoms with Crippen molar-refractivity contribution in [2.24, 2.45) is 16.0 Å². The van der Waals surface area contributed by atoms with E-state index in [2.05, 4.69) is 39.8 Å². The van der Waals surface area contributed by atoms with Crippen molar-refractivity contribution in [3.63, 3.8) is 0 Å². The van der Waals surface area contributed by atoms with Crippen molar-refractivity contribution in [3.8, 4) is 0 Å². The van der Waals surface area contributed by atoms with Crippen LogP contribution < -0.4 is 10.5 Å². The van der Waals surface area contributed by atoms with Crippen molar-refractivity contribution in [1.82, 2.24) is 0 Å². The maximum Gasteiger partial charge on any atom is 0.238 e. The Bertz CT molecular complexity index is 1040. The van der Waals surface area contributed by atoms with Gasteiger partial charge in [0.1, 0.15) is 0 Å². The van der Waals surface area contributed by atoms with E-state index in [-0.39, 0.29) is 16.9 Å². The number of fused-ring (bicyclic) bond motifs is 3. The van der Waals surface area contributed by atoms with E-state index < -0.39 is 10.0 Å². The van der Waals surface area contributed by atoms with Crippen LogP contribution in [0.25, 0.3) is 0 Å². The fourth-order valence-electron chi connectivity index (χ4n) is 3.89. The van der Waals surface area contributed by atoms with Crippen LogP contribution in [0.5, 0.6) is 0 Å². The Balaban J connectivity index is 1.74. The standard InChI is InChI=1S/C19H17N3O2S2/c20-26(23,24)14-8-9-18-17(10-14)15-2-1-3-16(15)19(22-18)12-4-6-13(7-5-12)21-11-25/h1-2,4-10,15-16,19,22H,3H2,(H2,20,23,24). The predicted octanol–water partition coefficient (Wildman–Crippen LogP) is 3.89. The first-order chi connectivity index (χ1) is 12.5. The Morgan fingerprint density at radius 1 is 1.19 bits per heavy atom. The van der Waals surface area contributed by atoms with E-state index in [4.69, 9.17) is 5.14 Å². The summed E-state index contributed by atoms with van der Waals surface area (Å²) in [6.07, 6.45) is 5.25. The molecule has 0 fully saturated rings. The number of nitrogens with one attached hydrogen (secondary N) is 1. The summed E-state index contributed by atoms with van der Waals surface area (Å²) in [4.78, 5) is 4.14. The van der Waals surface area contributed by atoms with E-state index in [0.717, 1.165) is 28.9 Å². The largest absolute Gasteiger partial charge is 0.378 e. The van der Waals surface area contributed by atoms with Crippen molar-refractivity contribution in [3.05, 3.63) is 65.7 Å². The van der Waals surface area contributed by atoms with Crippen LogP contribution in [0.4, 0.5) is 11.4 Å². The molecule has 3 unspecified atom stereocenters. The zero-order valence-corrected chi connectivity index (χ0v) is 15.4. The van der Waals surface area contributed by atoms with Gasteiger partial charge in [0, 0.05) is 11.6 Å². The minimum atomic E-state index is -3.72. The van der Waals surface area contributed by atoms with Crippen LogP contribution in [-0.2, 0) is 10.0 Å². The highest BCUT2D eigenvalue weighted by atomic mass is 32.2. The van der Waals surface area contributed by atoms with E-state index in [1.54, 1.807) is 18.2 Å². The average Bonchev–Trinajstić information content (AvgIpc) is 3.11. The lowest BCUT2D eigenvalue weighted by atomic mass is 9.77. The van der Waals surface area contributed by atoms with Crippen molar-refractivity contribution in [1.29, 1.82) is 0 Å². The lowest BCUT2D eigenvalue weighted by molar-refractivity contribution is 0.425. The molecule has 2 aliphatic rings. The Kier molecular flexibility index (Phi) is 4.25. The molecule has 3 N–H and O–H groups in total. The molecule has 5 nitrogen and oxygen atoms in total. The molecular formula is C19H17N3O2S2. The van der Waals surface area contributed by atoms with Crippen LogP contribution in [0.3, 0.4) is 0 Å². The summed E-state index contributed by atoms with van der Waals surface area (Å²) in [6, 6.07) is 13.1. The molecule has 0 saturated heterocycles. The van der Waals surface area contributed by atoms with Gasteiger partial charge < -0.3 is 5.32 Å². The maximum absolute atomic E-state index is 11.7. The summed E-state index contributed by atoms with van der Waals surface area (Å²) in [5, 5.41) is 11.2. The molecule has 26 heavy (non-hydrogen) atoms. The van der Waals surface area contributed by atoms with Crippen LogP contribution in [0.15, 0.2) is 64.5 Å². The number of sulfonamides is 1. The molecule has 0 bridgehead atoms. The first-order valence-electron chi connectivity index (χ1n) is 8.25. The van der Waals surface area contributed by atoms with Crippen LogP contribution in [-0.4, -0.2) is 13.6 Å². The van der Waals surface area contributed by atoms with E-state index in [0.29, 0.717) is 5.92 Å². The Morgan fingerprint density at radius 3 is 2.65 bits per heavy atom. The van der Waals surface area contributed by atoms with Crippen molar-refractivity contribution >= 4 is 38.8 Å². The number of rotatable bonds is 3. The number of allylic oxidation sites excluding steroid dienone is 2. The number of thiocarbonyl (C=S) groups is 1. The molecule has 7 heteroatoms. The smallest absolute Gasteiger partial charge is 0.238 e. The highest BCUT2D eigenvalue weighted by molar-refractivity contribution is 7.89. The maximum atomic E-state index is 11.7. The van der Waals surface area contributed by atoms with Crippen molar-refractivity contribution in [2.75, 3.05) is 5.32 Å². The second kappa shape index (κ2) is 6.45. The lowest BCUT2D eigenvalue weighted by Crippen LogP contribution is -2.29. The van der Waals surface area contributed by atoms with Gasteiger partial charge in [-0.05, 0) is 66.0 Å². The number of isothiocyanates is 1. The van der Waals surface area contributed by atoms with Crippen LogP contribution in [0, 0.1) is 5.92 Å². The summed E-state index contributed by atoms with van der Waals surface area (Å²) in [5.41, 5.74) is 3.86. The van der Waals surface area contributed by atoms with Crippen molar-refractivity contribution in [2.45, 2.75) is 23.3 Å². The van der Waals surface area contributed by atoms with Gasteiger partial charge in [-0.25, -0.2) is 13.6 Å². The van der Waals surface area contributed by atoms with Crippen LogP contribution in [0.1, 0.15) is 29.5 Å². The molecule has 0 amide bonds. The third-order valence-corrected chi connectivity index (χ3v) is 6.09. The highest BCUT2D eigenvalue weighted by Crippen LogP contribution is 2.50. The second-order valence-corrected chi connectivity index (χ2v) is 8.31. The van der Waals surface area contributed by atoms with Crippen LogP contribution in [0.2, 0.25) is 0 Å². The number of primary sulfonamides is 1. The van der Waals surface area contributed by atoms with Crippen LogP contribution >= 0.6 is 12.2 Å². The minimum absolute atomic E-state index is 0.133. The van der Waals surface area contributed by atoms with Gasteiger partial charge in [-0.3, -0.25) is 0 Å². The van der Waals surface area contributed by atoms with E-state index in [9.17, 15) is 8.42 Å². The Hall–Kier alpha value is -2.31. The fraction of sp³-hybridized carbons (Fsp3) is 0.211. The SMILES string of the molecule is NS(=O)(=O)c1ccc2c(c1)C1C=CCC1C(c1ccc(N=C=S)cc1)N2. The number of nitrogens with zero attached hydrogens (tertiary/aromatic N) is 1. The predicted molar refractivity (Wildman–Crippen MR) is 105 cm³/mol. The molecule has 0 spiro atoms. The number of hydrogen-bond donors (Lipinski definition) is 2. The van der Waals surface area contributed by atoms with E-state index in [1.165, 1.54) is 0 Å². The fourth-order valence-corrected chi connectivity index (χ4v) is 4.54. The van der Waals surface area contributed by atoms with E-state index >= 15 is 0 Å². The molecule has 0 aromatic heterocycles. The summed E-state index contributed by atoms with van der Waals surface area (Å²) in [7, 11) is -3.72. The molecule has 0 radical (unpaired) electrons. The normalized spacial score (nSPS) is 23.5. The minimum Gasteiger partial charge on any atom is -0.378 e. The van der Waals surface area contributed by atoms with Gasteiger partial charge in [-0.15, -0.1) is 0 Å². The molecule has 1 heterocycles. The molecule has 1 aliphatic heterocycles. The monoisotopic (exact) mass is 383 g/mol. The summed E-state index contributed by atoms with van der Waals surface area (Å²) in [6.45, 7) is 0. The number of anilines is 1. The summed E-state index contributed by atoms with van der Waals surface area (Å²) in [5.74, 6) is 0.481. The van der Waals surface area contributed by atoms with Crippen molar-refractivity contribution < 1.29 is 8.42 Å². The second-order valence-electron chi connectivity index (χ2n) is 6.56. The topological polar surface area (TPSA) is 84.6 Å². The van der Waals surface area contributed by atoms with Gasteiger partial charge in [-0.1, -0.05) is 24.3 Å². The third kappa shape index (κ3) is 2.99. The molecule has 3 atom stereocenters. The molecular weight excluding hydrogens is 366 g/mol. The highest BCUT2D eigenvalue weighted by Gasteiger charge is 2.38. The molecule has 0 saturated carbocycles. The number of aliphatic imine (C=N–C) groups is 1. The van der Waals surface area contributed by atoms with Gasteiger partial charge in [-0.2, -0.15) is 4.99 Å². The summed E-state index contributed by atoms with van der Waals surface area (Å²) < 4.78 is 23.4. The third-order valence-electron chi connectivity index (χ3n) is 5.09. The van der Waals surface area contributed by atoms with Gasteiger partial charge >= 0.3 is 0 Å².